The molecule has 0 saturated heterocycles. The molecular formula is C34H36FN5O4. The van der Waals surface area contributed by atoms with Gasteiger partial charge in [0.05, 0.1) is 18.8 Å². The summed E-state index contributed by atoms with van der Waals surface area (Å²) in [6, 6.07) is 15.4. The molecule has 0 radical (unpaired) electrons. The van der Waals surface area contributed by atoms with Crippen molar-refractivity contribution in [3.8, 4) is 11.4 Å². The summed E-state index contributed by atoms with van der Waals surface area (Å²) >= 11 is 0. The van der Waals surface area contributed by atoms with Crippen molar-refractivity contribution in [2.75, 3.05) is 19.4 Å². The molecule has 0 aliphatic carbocycles. The lowest BCUT2D eigenvalue weighted by Gasteiger charge is -2.19. The van der Waals surface area contributed by atoms with E-state index < -0.39 is 23.3 Å². The fraction of sp³-hybridized carbons (Fsp3) is 0.265. The van der Waals surface area contributed by atoms with Crippen molar-refractivity contribution in [2.24, 2.45) is 0 Å². The molecule has 0 unspecified atom stereocenters. The molecule has 3 N–H and O–H groups in total. The number of anilines is 1. The van der Waals surface area contributed by atoms with Gasteiger partial charge < -0.3 is 16.0 Å². The average molecular weight is 598 g/mol. The number of halogens is 1. The number of benzene rings is 3. The van der Waals surface area contributed by atoms with Gasteiger partial charge in [0.2, 0.25) is 5.91 Å². The molecule has 0 saturated carbocycles. The molecule has 228 valence electrons. The summed E-state index contributed by atoms with van der Waals surface area (Å²) in [4.78, 5) is 57.3. The van der Waals surface area contributed by atoms with Crippen LogP contribution in [0.15, 0.2) is 71.7 Å². The first-order valence-corrected chi connectivity index (χ1v) is 14.3. The summed E-state index contributed by atoms with van der Waals surface area (Å²) in [7, 11) is 3.18. The molecule has 0 fully saturated rings. The lowest BCUT2D eigenvalue weighted by molar-refractivity contribution is -0.117. The molecule has 1 heterocycles. The van der Waals surface area contributed by atoms with Crippen molar-refractivity contribution in [3.05, 3.63) is 116 Å². The van der Waals surface area contributed by atoms with Crippen LogP contribution < -0.4 is 21.5 Å². The Labute approximate surface area is 255 Å². The highest BCUT2D eigenvalue weighted by Gasteiger charge is 2.21. The van der Waals surface area contributed by atoms with E-state index in [1.807, 2.05) is 19.9 Å². The van der Waals surface area contributed by atoms with Gasteiger partial charge in [-0.05, 0) is 86.0 Å². The molecule has 3 aromatic carbocycles. The maximum absolute atomic E-state index is 14.0. The molecule has 1 atom stereocenters. The van der Waals surface area contributed by atoms with Gasteiger partial charge >= 0.3 is 0 Å². The molecule has 1 aromatic heterocycles. The SMILES string of the molecule is CNC(=O)c1cccc(-c2ncc(NC(=O)[C@H](C)NC)c(=O)n2Cc2cc(C(=O)c3ccc(F)cc3)cc(C(C)C)c2)c1C. The first kappa shape index (κ1) is 32.0. The van der Waals surface area contributed by atoms with Crippen LogP contribution in [-0.2, 0) is 11.3 Å². The van der Waals surface area contributed by atoms with E-state index in [4.69, 9.17) is 0 Å². The Morgan fingerprint density at radius 3 is 2.30 bits per heavy atom. The van der Waals surface area contributed by atoms with Crippen LogP contribution in [0.3, 0.4) is 0 Å². The molecule has 0 spiro atoms. The highest BCUT2D eigenvalue weighted by molar-refractivity contribution is 6.09. The summed E-state index contributed by atoms with van der Waals surface area (Å²) in [5, 5.41) is 8.13. The van der Waals surface area contributed by atoms with Gasteiger partial charge in [-0.15, -0.1) is 0 Å². The fourth-order valence-electron chi connectivity index (χ4n) is 4.79. The van der Waals surface area contributed by atoms with Crippen molar-refractivity contribution >= 4 is 23.3 Å². The molecule has 0 aliphatic rings. The Balaban J connectivity index is 1.90. The van der Waals surface area contributed by atoms with Crippen LogP contribution in [0.1, 0.15) is 69.7 Å². The number of rotatable bonds is 10. The topological polar surface area (TPSA) is 122 Å². The Bertz CT molecular complexity index is 1780. The summed E-state index contributed by atoms with van der Waals surface area (Å²) in [6.45, 7) is 7.45. The van der Waals surface area contributed by atoms with E-state index in [-0.39, 0.29) is 29.8 Å². The van der Waals surface area contributed by atoms with Crippen LogP contribution in [0, 0.1) is 12.7 Å². The predicted molar refractivity (Wildman–Crippen MR) is 169 cm³/mol. The van der Waals surface area contributed by atoms with Gasteiger partial charge in [0.15, 0.2) is 5.78 Å². The number of likely N-dealkylation sites (N-methyl/N-ethyl adjacent to an activating group) is 1. The molecule has 44 heavy (non-hydrogen) atoms. The molecule has 0 aliphatic heterocycles. The highest BCUT2D eigenvalue weighted by atomic mass is 19.1. The van der Waals surface area contributed by atoms with E-state index in [2.05, 4.69) is 20.9 Å². The number of hydrogen-bond donors (Lipinski definition) is 3. The molecule has 4 aromatic rings. The van der Waals surface area contributed by atoms with Crippen LogP contribution in [0.25, 0.3) is 11.4 Å². The molecule has 0 bridgehead atoms. The quantitative estimate of drug-likeness (QED) is 0.229. The first-order valence-electron chi connectivity index (χ1n) is 14.3. The Morgan fingerprint density at radius 1 is 0.955 bits per heavy atom. The average Bonchev–Trinajstić information content (AvgIpc) is 3.02. The molecular weight excluding hydrogens is 561 g/mol. The first-order chi connectivity index (χ1) is 20.9. The molecule has 2 amide bonds. The second-order valence-corrected chi connectivity index (χ2v) is 10.9. The number of carbonyl (C=O) groups is 3. The lowest BCUT2D eigenvalue weighted by Crippen LogP contribution is -2.38. The van der Waals surface area contributed by atoms with Gasteiger partial charge in [-0.3, -0.25) is 23.7 Å². The molecule has 4 rings (SSSR count). The van der Waals surface area contributed by atoms with E-state index in [9.17, 15) is 23.6 Å². The largest absolute Gasteiger partial charge is 0.355 e. The maximum atomic E-state index is 14.0. The highest BCUT2D eigenvalue weighted by Crippen LogP contribution is 2.26. The summed E-state index contributed by atoms with van der Waals surface area (Å²) in [5.74, 6) is -1.06. The smallest absolute Gasteiger partial charge is 0.277 e. The van der Waals surface area contributed by atoms with Crippen LogP contribution in [0.2, 0.25) is 0 Å². The van der Waals surface area contributed by atoms with Crippen molar-refractivity contribution < 1.29 is 18.8 Å². The van der Waals surface area contributed by atoms with Gasteiger partial charge in [-0.25, -0.2) is 9.37 Å². The Kier molecular flexibility index (Phi) is 9.85. The summed E-state index contributed by atoms with van der Waals surface area (Å²) in [6.07, 6.45) is 1.31. The minimum Gasteiger partial charge on any atom is -0.355 e. The maximum Gasteiger partial charge on any atom is 0.277 e. The van der Waals surface area contributed by atoms with E-state index in [1.54, 1.807) is 58.3 Å². The van der Waals surface area contributed by atoms with Gasteiger partial charge in [0.1, 0.15) is 17.3 Å². The Morgan fingerprint density at radius 2 is 1.66 bits per heavy atom. The van der Waals surface area contributed by atoms with Gasteiger partial charge in [0.25, 0.3) is 11.5 Å². The molecule has 10 heteroatoms. The standard InChI is InChI=1S/C34H36FN5O4/c1-19(2)24-14-22(15-25(16-24)30(41)23-10-12-26(35)13-11-23)18-40-31(27-8-7-9-28(20(27)3)33(43)37-6)38-17-29(34(40)44)39-32(42)21(4)36-5/h7-17,19,21,36H,18H2,1-6H3,(H,37,43)(H,39,42)/t21-/m0/s1. The number of hydrogen-bond acceptors (Lipinski definition) is 6. The van der Waals surface area contributed by atoms with Gasteiger partial charge in [-0.1, -0.05) is 32.0 Å². The summed E-state index contributed by atoms with van der Waals surface area (Å²) in [5.41, 5.74) is 3.36. The van der Waals surface area contributed by atoms with Crippen molar-refractivity contribution in [2.45, 2.75) is 46.2 Å². The number of nitrogens with zero attached hydrogens (tertiary/aromatic N) is 2. The predicted octanol–water partition coefficient (Wildman–Crippen LogP) is 4.67. The minimum absolute atomic E-state index is 0.0106. The number of carbonyl (C=O) groups excluding carboxylic acids is 3. The summed E-state index contributed by atoms with van der Waals surface area (Å²) < 4.78 is 15.0. The van der Waals surface area contributed by atoms with Crippen molar-refractivity contribution in [1.29, 1.82) is 0 Å². The number of ketones is 1. The van der Waals surface area contributed by atoms with Crippen LogP contribution in [-0.4, -0.2) is 47.3 Å². The normalized spacial score (nSPS) is 11.7. The van der Waals surface area contributed by atoms with Crippen molar-refractivity contribution in [1.82, 2.24) is 20.2 Å². The van der Waals surface area contributed by atoms with Crippen LogP contribution in [0.4, 0.5) is 10.1 Å². The van der Waals surface area contributed by atoms with E-state index in [1.165, 1.54) is 35.0 Å². The Hall–Kier alpha value is -4.96. The lowest BCUT2D eigenvalue weighted by atomic mass is 9.94. The third kappa shape index (κ3) is 6.81. The second-order valence-electron chi connectivity index (χ2n) is 10.9. The number of aromatic nitrogens is 2. The van der Waals surface area contributed by atoms with Gasteiger partial charge in [-0.2, -0.15) is 0 Å². The van der Waals surface area contributed by atoms with E-state index in [0.717, 1.165) is 5.56 Å². The third-order valence-corrected chi connectivity index (χ3v) is 7.57. The minimum atomic E-state index is -0.559. The zero-order valence-corrected chi connectivity index (χ0v) is 25.6. The van der Waals surface area contributed by atoms with Gasteiger partial charge in [0, 0.05) is 29.3 Å². The zero-order valence-electron chi connectivity index (χ0n) is 25.6. The van der Waals surface area contributed by atoms with E-state index in [0.29, 0.717) is 39.2 Å². The van der Waals surface area contributed by atoms with Crippen LogP contribution in [0.5, 0.6) is 0 Å². The van der Waals surface area contributed by atoms with Crippen molar-refractivity contribution in [3.63, 3.8) is 0 Å². The third-order valence-electron chi connectivity index (χ3n) is 7.57. The fourth-order valence-corrected chi connectivity index (χ4v) is 4.79. The monoisotopic (exact) mass is 597 g/mol. The second kappa shape index (κ2) is 13.6. The molecule has 9 nitrogen and oxygen atoms in total. The zero-order chi connectivity index (χ0) is 32.1. The van der Waals surface area contributed by atoms with Crippen LogP contribution >= 0.6 is 0 Å². The number of nitrogens with one attached hydrogen (secondary N) is 3. The van der Waals surface area contributed by atoms with E-state index >= 15 is 0 Å². The number of amides is 2.